The number of hydrogen-bond acceptors (Lipinski definition) is 1. The first kappa shape index (κ1) is 18.2. The van der Waals surface area contributed by atoms with Gasteiger partial charge in [-0.25, -0.2) is 0 Å². The van der Waals surface area contributed by atoms with Crippen molar-refractivity contribution < 1.29 is 18.0 Å². The summed E-state index contributed by atoms with van der Waals surface area (Å²) in [6, 6.07) is 10.8. The largest absolute Gasteiger partial charge is 0.416 e. The Kier molecular flexibility index (Phi) is 5.16. The van der Waals surface area contributed by atoms with Crippen LogP contribution in [-0.4, -0.2) is 11.3 Å². The second-order valence-electron chi connectivity index (χ2n) is 6.44. The van der Waals surface area contributed by atoms with E-state index in [0.29, 0.717) is 16.8 Å². The number of nitrogens with one attached hydrogen (secondary N) is 1. The standard InChI is InChI=1S/C21H20F3NO/c1-2-3-4-5-14-6-11-19-17(12-14)18(13-26)20(25-19)15-7-9-16(10-8-15)21(22,23)24/h6-13,25H,2-5H2,1H3. The van der Waals surface area contributed by atoms with E-state index in [9.17, 15) is 18.0 Å². The number of halogens is 3. The molecule has 136 valence electrons. The molecule has 2 nitrogen and oxygen atoms in total. The van der Waals surface area contributed by atoms with Gasteiger partial charge in [-0.2, -0.15) is 13.2 Å². The van der Waals surface area contributed by atoms with Crippen LogP contribution in [0.25, 0.3) is 22.2 Å². The highest BCUT2D eigenvalue weighted by Gasteiger charge is 2.30. The minimum Gasteiger partial charge on any atom is -0.354 e. The molecule has 1 heterocycles. The van der Waals surface area contributed by atoms with Gasteiger partial charge in [-0.15, -0.1) is 0 Å². The molecule has 0 atom stereocenters. The van der Waals surface area contributed by atoms with Gasteiger partial charge >= 0.3 is 6.18 Å². The summed E-state index contributed by atoms with van der Waals surface area (Å²) < 4.78 is 38.2. The first-order valence-corrected chi connectivity index (χ1v) is 8.71. The molecular formula is C21H20F3NO. The molecule has 0 fully saturated rings. The number of aromatic amines is 1. The number of carbonyl (C=O) groups is 1. The van der Waals surface area contributed by atoms with Crippen LogP contribution in [0.3, 0.4) is 0 Å². The lowest BCUT2D eigenvalue weighted by molar-refractivity contribution is -0.137. The van der Waals surface area contributed by atoms with Gasteiger partial charge in [-0.1, -0.05) is 38.0 Å². The van der Waals surface area contributed by atoms with Crippen LogP contribution < -0.4 is 0 Å². The zero-order valence-corrected chi connectivity index (χ0v) is 14.5. The van der Waals surface area contributed by atoms with Crippen LogP contribution in [0, 0.1) is 0 Å². The molecule has 0 saturated heterocycles. The minimum absolute atomic E-state index is 0.483. The second kappa shape index (κ2) is 7.36. The SMILES string of the molecule is CCCCCc1ccc2[nH]c(-c3ccc(C(F)(F)F)cc3)c(C=O)c2c1. The molecule has 0 radical (unpaired) electrons. The number of hydrogen-bond donors (Lipinski definition) is 1. The lowest BCUT2D eigenvalue weighted by Gasteiger charge is -2.07. The van der Waals surface area contributed by atoms with Crippen molar-refractivity contribution in [2.45, 2.75) is 38.8 Å². The topological polar surface area (TPSA) is 32.9 Å². The number of benzene rings is 2. The van der Waals surface area contributed by atoms with Crippen LogP contribution in [0.1, 0.15) is 47.7 Å². The summed E-state index contributed by atoms with van der Waals surface area (Å²) in [5, 5.41) is 0.809. The van der Waals surface area contributed by atoms with Crippen LogP contribution >= 0.6 is 0 Å². The van der Waals surface area contributed by atoms with Gasteiger partial charge in [0.1, 0.15) is 0 Å². The van der Waals surface area contributed by atoms with Crippen molar-refractivity contribution in [2.24, 2.45) is 0 Å². The number of carbonyl (C=O) groups excluding carboxylic acids is 1. The average molecular weight is 359 g/mol. The van der Waals surface area contributed by atoms with Crippen molar-refractivity contribution >= 4 is 17.2 Å². The monoisotopic (exact) mass is 359 g/mol. The van der Waals surface area contributed by atoms with Gasteiger partial charge in [-0.05, 0) is 48.2 Å². The van der Waals surface area contributed by atoms with E-state index in [0.717, 1.165) is 60.6 Å². The van der Waals surface area contributed by atoms with E-state index in [4.69, 9.17) is 0 Å². The molecule has 26 heavy (non-hydrogen) atoms. The molecule has 5 heteroatoms. The second-order valence-corrected chi connectivity index (χ2v) is 6.44. The zero-order chi connectivity index (χ0) is 18.7. The molecule has 0 saturated carbocycles. The minimum atomic E-state index is -4.38. The van der Waals surface area contributed by atoms with Crippen LogP contribution in [-0.2, 0) is 12.6 Å². The van der Waals surface area contributed by atoms with E-state index >= 15 is 0 Å². The summed E-state index contributed by atoms with van der Waals surface area (Å²) in [4.78, 5) is 14.8. The number of fused-ring (bicyclic) bond motifs is 1. The molecular weight excluding hydrogens is 339 g/mol. The molecule has 2 aromatic carbocycles. The highest BCUT2D eigenvalue weighted by atomic mass is 19.4. The van der Waals surface area contributed by atoms with Crippen LogP contribution in [0.4, 0.5) is 13.2 Å². The molecule has 3 rings (SSSR count). The maximum Gasteiger partial charge on any atom is 0.416 e. The zero-order valence-electron chi connectivity index (χ0n) is 14.5. The molecule has 0 amide bonds. The van der Waals surface area contributed by atoms with E-state index < -0.39 is 11.7 Å². The highest BCUT2D eigenvalue weighted by molar-refractivity contribution is 6.04. The molecule has 3 aromatic rings. The fraction of sp³-hybridized carbons (Fsp3) is 0.286. The van der Waals surface area contributed by atoms with E-state index in [1.54, 1.807) is 0 Å². The molecule has 1 N–H and O–H groups in total. The number of alkyl halides is 3. The number of aryl methyl sites for hydroxylation is 1. The van der Waals surface area contributed by atoms with Crippen molar-refractivity contribution in [1.29, 1.82) is 0 Å². The quantitative estimate of drug-likeness (QED) is 0.401. The number of rotatable bonds is 6. The molecule has 0 bridgehead atoms. The van der Waals surface area contributed by atoms with Gasteiger partial charge in [0, 0.05) is 16.5 Å². The Labute approximate surface area is 150 Å². The van der Waals surface area contributed by atoms with Gasteiger partial charge in [0.2, 0.25) is 0 Å². The van der Waals surface area contributed by atoms with Crippen LogP contribution in [0.2, 0.25) is 0 Å². The third-order valence-electron chi connectivity index (χ3n) is 4.59. The third-order valence-corrected chi connectivity index (χ3v) is 4.59. The van der Waals surface area contributed by atoms with Crippen molar-refractivity contribution in [3.05, 3.63) is 59.2 Å². The van der Waals surface area contributed by atoms with Gasteiger partial charge in [0.05, 0.1) is 11.3 Å². The first-order chi connectivity index (χ1) is 12.4. The fourth-order valence-corrected chi connectivity index (χ4v) is 3.17. The fourth-order valence-electron chi connectivity index (χ4n) is 3.17. The van der Waals surface area contributed by atoms with Crippen molar-refractivity contribution in [3.63, 3.8) is 0 Å². The summed E-state index contributed by atoms with van der Waals surface area (Å²) in [6.45, 7) is 2.15. The Morgan fingerprint density at radius 1 is 1.04 bits per heavy atom. The van der Waals surface area contributed by atoms with Gasteiger partial charge in [-0.3, -0.25) is 4.79 Å². The van der Waals surface area contributed by atoms with E-state index in [1.165, 1.54) is 12.1 Å². The van der Waals surface area contributed by atoms with E-state index in [-0.39, 0.29) is 0 Å². The molecule has 0 unspecified atom stereocenters. The maximum atomic E-state index is 12.7. The lowest BCUT2D eigenvalue weighted by atomic mass is 10.0. The van der Waals surface area contributed by atoms with E-state index in [2.05, 4.69) is 11.9 Å². The van der Waals surface area contributed by atoms with Crippen molar-refractivity contribution in [2.75, 3.05) is 0 Å². The van der Waals surface area contributed by atoms with Crippen molar-refractivity contribution in [3.8, 4) is 11.3 Å². The third kappa shape index (κ3) is 3.66. The number of aromatic nitrogens is 1. The smallest absolute Gasteiger partial charge is 0.354 e. The summed E-state index contributed by atoms with van der Waals surface area (Å²) in [7, 11) is 0. The highest BCUT2D eigenvalue weighted by Crippen LogP contribution is 2.33. The summed E-state index contributed by atoms with van der Waals surface area (Å²) in [6.07, 6.45) is 0.728. The Morgan fingerprint density at radius 3 is 2.38 bits per heavy atom. The van der Waals surface area contributed by atoms with Gasteiger partial charge in [0.15, 0.2) is 6.29 Å². The van der Waals surface area contributed by atoms with Crippen LogP contribution in [0.5, 0.6) is 0 Å². The van der Waals surface area contributed by atoms with Gasteiger partial charge in [0.25, 0.3) is 0 Å². The molecule has 0 aliphatic rings. The summed E-state index contributed by atoms with van der Waals surface area (Å²) in [5.41, 5.74) is 2.85. The molecule has 0 aliphatic heterocycles. The Bertz CT molecular complexity index is 907. The van der Waals surface area contributed by atoms with Crippen LogP contribution in [0.15, 0.2) is 42.5 Å². The summed E-state index contributed by atoms with van der Waals surface area (Å²) >= 11 is 0. The predicted octanol–water partition coefficient (Wildman–Crippen LogP) is 6.40. The van der Waals surface area contributed by atoms with Gasteiger partial charge < -0.3 is 4.98 Å². The maximum absolute atomic E-state index is 12.7. The Morgan fingerprint density at radius 2 is 1.77 bits per heavy atom. The average Bonchev–Trinajstić information content (AvgIpc) is 2.99. The molecule has 0 aliphatic carbocycles. The normalized spacial score (nSPS) is 11.8. The Hall–Kier alpha value is -2.56. The van der Waals surface area contributed by atoms with Crippen molar-refractivity contribution in [1.82, 2.24) is 4.98 Å². The number of H-pyrrole nitrogens is 1. The number of unbranched alkanes of at least 4 members (excludes halogenated alkanes) is 2. The molecule has 0 spiro atoms. The predicted molar refractivity (Wildman–Crippen MR) is 97.4 cm³/mol. The number of aldehydes is 1. The first-order valence-electron chi connectivity index (χ1n) is 8.71. The molecule has 1 aromatic heterocycles. The Balaban J connectivity index is 1.99. The van der Waals surface area contributed by atoms with E-state index in [1.807, 2.05) is 18.2 Å². The summed E-state index contributed by atoms with van der Waals surface area (Å²) in [5.74, 6) is 0. The lowest BCUT2D eigenvalue weighted by Crippen LogP contribution is -2.04.